The Hall–Kier alpha value is -2.65. The Labute approximate surface area is 159 Å². The first-order chi connectivity index (χ1) is 12.5. The van der Waals surface area contributed by atoms with Crippen LogP contribution >= 0.6 is 23.2 Å². The molecule has 144 valence electrons. The molecule has 0 amide bonds. The lowest BCUT2D eigenvalue weighted by Gasteiger charge is -2.14. The molecule has 0 saturated carbocycles. The molecule has 0 spiro atoms. The van der Waals surface area contributed by atoms with Crippen LogP contribution in [0.4, 0.5) is 13.2 Å². The van der Waals surface area contributed by atoms with E-state index in [1.54, 1.807) is 0 Å². The number of hydrogen-bond donors (Lipinski definition) is 2. The maximum absolute atomic E-state index is 12.9. The number of rotatable bonds is 6. The molecule has 0 bridgehead atoms. The van der Waals surface area contributed by atoms with Gasteiger partial charge in [0.25, 0.3) is 0 Å². The largest absolute Gasteiger partial charge is 0.481 e. The Bertz CT molecular complexity index is 898. The number of aliphatic carboxylic acids is 1. The molecule has 2 rings (SSSR count). The number of aromatic carboxylic acids is 1. The van der Waals surface area contributed by atoms with Gasteiger partial charge < -0.3 is 19.7 Å². The second-order valence-corrected chi connectivity index (χ2v) is 5.80. The number of alkyl halides is 3. The highest BCUT2D eigenvalue weighted by atomic mass is 35.5. The molecule has 2 aromatic carbocycles. The normalized spacial score (nSPS) is 11.1. The van der Waals surface area contributed by atoms with Gasteiger partial charge in [0.15, 0.2) is 6.61 Å². The summed E-state index contributed by atoms with van der Waals surface area (Å²) in [6.45, 7) is -0.782. The van der Waals surface area contributed by atoms with E-state index < -0.39 is 46.6 Å². The minimum Gasteiger partial charge on any atom is -0.481 e. The molecular weight excluding hydrogens is 416 g/mol. The maximum Gasteiger partial charge on any atom is 0.416 e. The van der Waals surface area contributed by atoms with Gasteiger partial charge in [0.1, 0.15) is 27.8 Å². The number of carboxylic acid groups (broad SMARTS) is 2. The zero-order valence-electron chi connectivity index (χ0n) is 13.0. The van der Waals surface area contributed by atoms with Crippen LogP contribution in [0.15, 0.2) is 30.3 Å². The minimum atomic E-state index is -4.70. The standard InChI is InChI=1S/C16H9Cl2F3O6/c17-10-3-7(16(19,20)21)4-12(14(10)18)27-8-1-2-11(26-6-13(22)23)9(5-8)15(24)25/h1-5H,6H2,(H,22,23)(H,24,25). The van der Waals surface area contributed by atoms with Crippen LogP contribution in [-0.4, -0.2) is 28.8 Å². The number of carbonyl (C=O) groups is 2. The Morgan fingerprint density at radius 2 is 1.70 bits per heavy atom. The van der Waals surface area contributed by atoms with E-state index in [2.05, 4.69) is 0 Å². The van der Waals surface area contributed by atoms with E-state index in [0.29, 0.717) is 12.1 Å². The van der Waals surface area contributed by atoms with Gasteiger partial charge in [0.2, 0.25) is 0 Å². The van der Waals surface area contributed by atoms with Gasteiger partial charge >= 0.3 is 18.1 Å². The first-order valence-electron chi connectivity index (χ1n) is 6.95. The average molecular weight is 425 g/mol. The quantitative estimate of drug-likeness (QED) is 0.680. The zero-order chi connectivity index (χ0) is 20.4. The van der Waals surface area contributed by atoms with Crippen molar-refractivity contribution < 1.29 is 42.4 Å². The summed E-state index contributed by atoms with van der Waals surface area (Å²) in [5.74, 6) is -3.66. The van der Waals surface area contributed by atoms with Crippen LogP contribution in [0.3, 0.4) is 0 Å². The van der Waals surface area contributed by atoms with Crippen molar-refractivity contribution in [2.45, 2.75) is 6.18 Å². The molecular formula is C16H9Cl2F3O6. The minimum absolute atomic E-state index is 0.174. The maximum atomic E-state index is 12.9. The Balaban J connectivity index is 2.40. The lowest BCUT2D eigenvalue weighted by molar-refractivity contribution is -0.139. The highest BCUT2D eigenvalue weighted by Crippen LogP contribution is 2.41. The Morgan fingerprint density at radius 1 is 1.04 bits per heavy atom. The fourth-order valence-corrected chi connectivity index (χ4v) is 2.29. The molecule has 0 aromatic heterocycles. The van der Waals surface area contributed by atoms with Crippen LogP contribution in [0.25, 0.3) is 0 Å². The van der Waals surface area contributed by atoms with Gasteiger partial charge in [-0.05, 0) is 30.3 Å². The lowest BCUT2D eigenvalue weighted by atomic mass is 10.2. The summed E-state index contributed by atoms with van der Waals surface area (Å²) in [5, 5.41) is 17.1. The monoisotopic (exact) mass is 424 g/mol. The van der Waals surface area contributed by atoms with Crippen molar-refractivity contribution in [3.8, 4) is 17.2 Å². The van der Waals surface area contributed by atoms with Gasteiger partial charge in [0.05, 0.1) is 10.6 Å². The van der Waals surface area contributed by atoms with E-state index >= 15 is 0 Å². The van der Waals surface area contributed by atoms with E-state index in [9.17, 15) is 27.9 Å². The van der Waals surface area contributed by atoms with Crippen LogP contribution in [0.2, 0.25) is 10.0 Å². The van der Waals surface area contributed by atoms with Gasteiger partial charge in [-0.2, -0.15) is 13.2 Å². The third kappa shape index (κ3) is 5.18. The van der Waals surface area contributed by atoms with E-state index in [-0.39, 0.29) is 16.5 Å². The van der Waals surface area contributed by atoms with Crippen LogP contribution < -0.4 is 9.47 Å². The molecule has 27 heavy (non-hydrogen) atoms. The van der Waals surface area contributed by atoms with Crippen LogP contribution in [0, 0.1) is 0 Å². The van der Waals surface area contributed by atoms with Gasteiger partial charge in [0, 0.05) is 0 Å². The molecule has 11 heteroatoms. The molecule has 2 N–H and O–H groups in total. The molecule has 0 unspecified atom stereocenters. The second-order valence-electron chi connectivity index (χ2n) is 5.02. The summed E-state index contributed by atoms with van der Waals surface area (Å²) in [7, 11) is 0. The molecule has 0 aliphatic carbocycles. The highest BCUT2D eigenvalue weighted by Gasteiger charge is 2.32. The first kappa shape index (κ1) is 20.7. The van der Waals surface area contributed by atoms with Crippen molar-refractivity contribution in [3.05, 3.63) is 51.5 Å². The van der Waals surface area contributed by atoms with Gasteiger partial charge in [-0.1, -0.05) is 23.2 Å². The summed E-state index contributed by atoms with van der Waals surface area (Å²) in [4.78, 5) is 21.8. The predicted octanol–water partition coefficient (Wildman–Crippen LogP) is 4.97. The third-order valence-electron chi connectivity index (χ3n) is 3.08. The molecule has 6 nitrogen and oxygen atoms in total. The molecule has 0 fully saturated rings. The molecule has 0 saturated heterocycles. The van der Waals surface area contributed by atoms with Crippen LogP contribution in [0.1, 0.15) is 15.9 Å². The van der Waals surface area contributed by atoms with Crippen molar-refractivity contribution >= 4 is 35.1 Å². The smallest absolute Gasteiger partial charge is 0.416 e. The highest BCUT2D eigenvalue weighted by molar-refractivity contribution is 6.43. The average Bonchev–Trinajstić information content (AvgIpc) is 2.56. The lowest BCUT2D eigenvalue weighted by Crippen LogP contribution is -2.12. The number of carboxylic acids is 2. The van der Waals surface area contributed by atoms with Crippen LogP contribution in [0.5, 0.6) is 17.2 Å². The topological polar surface area (TPSA) is 93.1 Å². The van der Waals surface area contributed by atoms with Crippen molar-refractivity contribution in [1.82, 2.24) is 0 Å². The van der Waals surface area contributed by atoms with Gasteiger partial charge in [-0.3, -0.25) is 0 Å². The molecule has 0 radical (unpaired) electrons. The van der Waals surface area contributed by atoms with Gasteiger partial charge in [-0.15, -0.1) is 0 Å². The number of halogens is 5. The summed E-state index contributed by atoms with van der Waals surface area (Å²) >= 11 is 11.5. The predicted molar refractivity (Wildman–Crippen MR) is 88.1 cm³/mol. The third-order valence-corrected chi connectivity index (χ3v) is 3.87. The summed E-state index contributed by atoms with van der Waals surface area (Å²) in [6.07, 6.45) is -4.70. The first-order valence-corrected chi connectivity index (χ1v) is 7.70. The Kier molecular flexibility index (Phi) is 6.07. The molecule has 0 aliphatic rings. The Morgan fingerprint density at radius 3 is 2.26 bits per heavy atom. The second kappa shape index (κ2) is 7.93. The van der Waals surface area contributed by atoms with Crippen molar-refractivity contribution in [2.75, 3.05) is 6.61 Å². The molecule has 0 aliphatic heterocycles. The van der Waals surface area contributed by atoms with Crippen molar-refractivity contribution in [1.29, 1.82) is 0 Å². The fraction of sp³-hybridized carbons (Fsp3) is 0.125. The number of hydrogen-bond acceptors (Lipinski definition) is 4. The number of benzene rings is 2. The van der Waals surface area contributed by atoms with E-state index in [0.717, 1.165) is 12.1 Å². The molecule has 0 atom stereocenters. The van der Waals surface area contributed by atoms with E-state index in [1.807, 2.05) is 0 Å². The summed E-state index contributed by atoms with van der Waals surface area (Å²) in [5.41, 5.74) is -1.56. The van der Waals surface area contributed by atoms with Crippen molar-refractivity contribution in [2.24, 2.45) is 0 Å². The summed E-state index contributed by atoms with van der Waals surface area (Å²) in [6, 6.07) is 4.47. The zero-order valence-corrected chi connectivity index (χ0v) is 14.5. The fourth-order valence-electron chi connectivity index (χ4n) is 1.93. The van der Waals surface area contributed by atoms with Crippen molar-refractivity contribution in [3.63, 3.8) is 0 Å². The van der Waals surface area contributed by atoms with Crippen LogP contribution in [-0.2, 0) is 11.0 Å². The summed E-state index contributed by atoms with van der Waals surface area (Å²) < 4.78 is 48.8. The number of ether oxygens (including phenoxy) is 2. The SMILES string of the molecule is O=C(O)COc1ccc(Oc2cc(C(F)(F)F)cc(Cl)c2Cl)cc1C(=O)O. The molecule has 0 heterocycles. The van der Waals surface area contributed by atoms with E-state index in [4.69, 9.17) is 37.8 Å². The van der Waals surface area contributed by atoms with Gasteiger partial charge in [-0.25, -0.2) is 9.59 Å². The molecule has 2 aromatic rings. The van der Waals surface area contributed by atoms with E-state index in [1.165, 1.54) is 6.07 Å².